The zero-order valence-corrected chi connectivity index (χ0v) is 24.4. The van der Waals surface area contributed by atoms with Crippen LogP contribution < -0.4 is 21.3 Å². The van der Waals surface area contributed by atoms with Crippen LogP contribution in [-0.2, 0) is 44.7 Å². The van der Waals surface area contributed by atoms with E-state index in [1.807, 2.05) is 44.2 Å². The molecule has 0 aliphatic carbocycles. The number of amides is 4. The van der Waals surface area contributed by atoms with E-state index >= 15 is 0 Å². The predicted molar refractivity (Wildman–Crippen MR) is 150 cm³/mol. The smallest absolute Gasteiger partial charge is 0.329 e. The fourth-order valence-electron chi connectivity index (χ4n) is 3.50. The van der Waals surface area contributed by atoms with E-state index in [0.29, 0.717) is 0 Å². The van der Waals surface area contributed by atoms with Crippen molar-refractivity contribution in [3.05, 3.63) is 35.9 Å². The van der Waals surface area contributed by atoms with Gasteiger partial charge in [-0.3, -0.25) is 24.0 Å². The molecule has 12 nitrogen and oxygen atoms in total. The second-order valence-electron chi connectivity index (χ2n) is 9.31. The Bertz CT molecular complexity index is 1010. The van der Waals surface area contributed by atoms with E-state index in [1.165, 1.54) is 14.2 Å². The standard InChI is InChI=1S/C27H40N4O8S/c1-6-22(32)29-20(13-18-10-8-7-9-11-18)26(36)31-19(12-17(2)3)25(35)28-14-23(33)30-21(27(37)39-5)15-40-16-24(34)38-4/h7-11,17,19-21H,6,12-16H2,1-5H3,(H,28,35)(H,29,32)(H,30,33)(H,31,36). The second-order valence-corrected chi connectivity index (χ2v) is 10.3. The number of nitrogens with one attached hydrogen (secondary N) is 4. The first-order valence-corrected chi connectivity index (χ1v) is 14.1. The monoisotopic (exact) mass is 580 g/mol. The molecular weight excluding hydrogens is 540 g/mol. The molecule has 1 aromatic rings. The quantitative estimate of drug-likeness (QED) is 0.190. The first-order valence-electron chi connectivity index (χ1n) is 12.9. The highest BCUT2D eigenvalue weighted by atomic mass is 32.2. The first kappa shape index (κ1) is 34.4. The molecule has 0 bridgehead atoms. The molecule has 13 heteroatoms. The van der Waals surface area contributed by atoms with Gasteiger partial charge in [-0.05, 0) is 17.9 Å². The molecule has 0 radical (unpaired) electrons. The van der Waals surface area contributed by atoms with Gasteiger partial charge in [0.2, 0.25) is 23.6 Å². The summed E-state index contributed by atoms with van der Waals surface area (Å²) < 4.78 is 9.25. The molecule has 0 saturated heterocycles. The van der Waals surface area contributed by atoms with Gasteiger partial charge in [0, 0.05) is 18.6 Å². The van der Waals surface area contributed by atoms with Crippen molar-refractivity contribution < 1.29 is 38.2 Å². The Kier molecular flexibility index (Phi) is 16.0. The normalized spacial score (nSPS) is 12.8. The van der Waals surface area contributed by atoms with Crippen LogP contribution in [0.2, 0.25) is 0 Å². The van der Waals surface area contributed by atoms with E-state index in [4.69, 9.17) is 4.74 Å². The Balaban J connectivity index is 2.84. The number of hydrogen-bond donors (Lipinski definition) is 4. The summed E-state index contributed by atoms with van der Waals surface area (Å²) in [6.45, 7) is 4.98. The first-order chi connectivity index (χ1) is 19.0. The van der Waals surface area contributed by atoms with Crippen molar-refractivity contribution in [2.45, 2.75) is 58.2 Å². The molecule has 1 rings (SSSR count). The summed E-state index contributed by atoms with van der Waals surface area (Å²) in [4.78, 5) is 74.1. The lowest BCUT2D eigenvalue weighted by Crippen LogP contribution is -2.55. The van der Waals surface area contributed by atoms with Crippen LogP contribution in [0.1, 0.15) is 39.2 Å². The number of ether oxygens (including phenoxy) is 2. The molecule has 3 atom stereocenters. The molecule has 4 amide bonds. The molecule has 1 aromatic carbocycles. The maximum atomic E-state index is 13.2. The summed E-state index contributed by atoms with van der Waals surface area (Å²) in [6.07, 6.45) is 0.713. The largest absolute Gasteiger partial charge is 0.468 e. The topological polar surface area (TPSA) is 169 Å². The van der Waals surface area contributed by atoms with Crippen molar-refractivity contribution in [1.82, 2.24) is 21.3 Å². The predicted octanol–water partition coefficient (Wildman–Crippen LogP) is 0.335. The molecule has 0 spiro atoms. The van der Waals surface area contributed by atoms with Crippen molar-refractivity contribution in [2.24, 2.45) is 5.92 Å². The van der Waals surface area contributed by atoms with Gasteiger partial charge < -0.3 is 30.7 Å². The number of benzene rings is 1. The number of esters is 2. The fourth-order valence-corrected chi connectivity index (χ4v) is 4.35. The van der Waals surface area contributed by atoms with E-state index < -0.39 is 54.3 Å². The van der Waals surface area contributed by atoms with Crippen LogP contribution in [0.15, 0.2) is 30.3 Å². The van der Waals surface area contributed by atoms with E-state index in [-0.39, 0.29) is 42.6 Å². The van der Waals surface area contributed by atoms with Gasteiger partial charge in [-0.1, -0.05) is 51.1 Å². The van der Waals surface area contributed by atoms with Gasteiger partial charge in [-0.15, -0.1) is 11.8 Å². The third-order valence-electron chi connectivity index (χ3n) is 5.57. The zero-order chi connectivity index (χ0) is 30.1. The Morgan fingerprint density at radius 2 is 1.48 bits per heavy atom. The molecule has 0 aliphatic heterocycles. The van der Waals surface area contributed by atoms with Crippen molar-refractivity contribution in [3.63, 3.8) is 0 Å². The molecule has 40 heavy (non-hydrogen) atoms. The van der Waals surface area contributed by atoms with Crippen LogP contribution in [0.5, 0.6) is 0 Å². The number of thioether (sulfide) groups is 1. The summed E-state index contributed by atoms with van der Waals surface area (Å²) >= 11 is 1.08. The zero-order valence-electron chi connectivity index (χ0n) is 23.6. The molecule has 0 aromatic heterocycles. The minimum Gasteiger partial charge on any atom is -0.468 e. The summed E-state index contributed by atoms with van der Waals surface area (Å²) in [5, 5.41) is 10.4. The molecule has 3 unspecified atom stereocenters. The lowest BCUT2D eigenvalue weighted by molar-refractivity contribution is -0.144. The van der Waals surface area contributed by atoms with Crippen LogP contribution >= 0.6 is 11.8 Å². The molecule has 0 fully saturated rings. The van der Waals surface area contributed by atoms with Crippen molar-refractivity contribution in [2.75, 3.05) is 32.3 Å². The molecule has 0 saturated carbocycles. The molecule has 222 valence electrons. The average molecular weight is 581 g/mol. The molecule has 4 N–H and O–H groups in total. The van der Waals surface area contributed by atoms with Crippen LogP contribution in [0.4, 0.5) is 0 Å². The highest BCUT2D eigenvalue weighted by Gasteiger charge is 2.28. The average Bonchev–Trinajstić information content (AvgIpc) is 2.94. The molecule has 0 heterocycles. The summed E-state index contributed by atoms with van der Waals surface area (Å²) in [6, 6.07) is 6.26. The van der Waals surface area contributed by atoms with Crippen molar-refractivity contribution in [1.29, 1.82) is 0 Å². The van der Waals surface area contributed by atoms with Gasteiger partial charge >= 0.3 is 11.9 Å². The van der Waals surface area contributed by atoms with E-state index in [1.54, 1.807) is 6.92 Å². The summed E-state index contributed by atoms with van der Waals surface area (Å²) in [5.41, 5.74) is 0.838. The van der Waals surface area contributed by atoms with Crippen LogP contribution in [0, 0.1) is 5.92 Å². The maximum absolute atomic E-state index is 13.2. The number of carbonyl (C=O) groups excluding carboxylic acids is 6. The van der Waals surface area contributed by atoms with Gasteiger partial charge in [-0.2, -0.15) is 0 Å². The van der Waals surface area contributed by atoms with Gasteiger partial charge in [0.1, 0.15) is 18.1 Å². The van der Waals surface area contributed by atoms with E-state index in [9.17, 15) is 28.8 Å². The fraction of sp³-hybridized carbons (Fsp3) is 0.556. The maximum Gasteiger partial charge on any atom is 0.329 e. The van der Waals surface area contributed by atoms with Gasteiger partial charge in [0.05, 0.1) is 26.5 Å². The van der Waals surface area contributed by atoms with Gasteiger partial charge in [0.25, 0.3) is 0 Å². The molecular formula is C27H40N4O8S. The van der Waals surface area contributed by atoms with Gasteiger partial charge in [-0.25, -0.2) is 4.79 Å². The van der Waals surface area contributed by atoms with E-state index in [2.05, 4.69) is 26.0 Å². The summed E-state index contributed by atoms with van der Waals surface area (Å²) in [5.74, 6) is -3.20. The number of rotatable bonds is 17. The Morgan fingerprint density at radius 1 is 0.825 bits per heavy atom. The highest BCUT2D eigenvalue weighted by Crippen LogP contribution is 2.09. The summed E-state index contributed by atoms with van der Waals surface area (Å²) in [7, 11) is 2.41. The van der Waals surface area contributed by atoms with Crippen LogP contribution in [-0.4, -0.2) is 86.0 Å². The number of carbonyl (C=O) groups is 6. The Labute approximate surface area is 239 Å². The number of methoxy groups -OCH3 is 2. The highest BCUT2D eigenvalue weighted by molar-refractivity contribution is 8.00. The van der Waals surface area contributed by atoms with Crippen LogP contribution in [0.3, 0.4) is 0 Å². The van der Waals surface area contributed by atoms with Crippen molar-refractivity contribution >= 4 is 47.3 Å². The van der Waals surface area contributed by atoms with E-state index in [0.717, 1.165) is 17.3 Å². The Morgan fingerprint density at radius 3 is 2.05 bits per heavy atom. The second kappa shape index (κ2) is 18.6. The minimum atomic E-state index is -1.05. The SMILES string of the molecule is CCC(=O)NC(Cc1ccccc1)C(=O)NC(CC(C)C)C(=O)NCC(=O)NC(CSCC(=O)OC)C(=O)OC. The van der Waals surface area contributed by atoms with Crippen LogP contribution in [0.25, 0.3) is 0 Å². The third-order valence-corrected chi connectivity index (χ3v) is 6.58. The minimum absolute atomic E-state index is 0.0167. The van der Waals surface area contributed by atoms with Gasteiger partial charge in [0.15, 0.2) is 0 Å². The Hall–Kier alpha value is -3.61. The lowest BCUT2D eigenvalue weighted by atomic mass is 10.0. The molecule has 0 aliphatic rings. The lowest BCUT2D eigenvalue weighted by Gasteiger charge is -2.24. The van der Waals surface area contributed by atoms with Crippen molar-refractivity contribution in [3.8, 4) is 0 Å². The third kappa shape index (κ3) is 13.5. The number of hydrogen-bond acceptors (Lipinski definition) is 9.